The van der Waals surface area contributed by atoms with Gasteiger partial charge < -0.3 is 47.4 Å². The van der Waals surface area contributed by atoms with Crippen molar-refractivity contribution in [1.82, 2.24) is 0 Å². The van der Waals surface area contributed by atoms with Gasteiger partial charge in [0.05, 0.1) is 26.9 Å². The number of esters is 2. The van der Waals surface area contributed by atoms with Crippen LogP contribution in [0, 0.1) is 5.41 Å². The molecule has 3 saturated heterocycles. The number of benzene rings is 3. The van der Waals surface area contributed by atoms with Crippen LogP contribution in [0.25, 0.3) is 10.4 Å². The molecule has 3 heterocycles. The Hall–Kier alpha value is -4.03. The average molecular weight is 850 g/mol. The van der Waals surface area contributed by atoms with Crippen LogP contribution in [-0.2, 0) is 70.2 Å². The van der Waals surface area contributed by atoms with Crippen LogP contribution in [0.15, 0.2) is 96.1 Å². The highest BCUT2D eigenvalue weighted by molar-refractivity contribution is 6.76. The third-order valence-corrected chi connectivity index (χ3v) is 9.66. The minimum absolute atomic E-state index is 0.00106. The van der Waals surface area contributed by atoms with E-state index in [0.717, 1.165) is 25.2 Å². The van der Waals surface area contributed by atoms with Gasteiger partial charge >= 0.3 is 11.9 Å². The molecule has 3 aromatic carbocycles. The second kappa shape index (κ2) is 19.6. The molecule has 0 aromatic heterocycles. The molecule has 3 aliphatic rings. The third-order valence-electron chi connectivity index (χ3n) is 9.15. The van der Waals surface area contributed by atoms with Gasteiger partial charge in [-0.1, -0.05) is 131 Å². The zero-order valence-corrected chi connectivity index (χ0v) is 32.8. The van der Waals surface area contributed by atoms with Gasteiger partial charge in [-0.05, 0) is 16.7 Å². The number of rotatable bonds is 13. The SMILES string of the molecule is COC(=O)[C@@H]1O[C@@H](OC(=N)C(Cl)(Cl)Cl)[C@H](OC(C)=O)[C@@H](OCc2ccccc2)[C@@H]1O[C@H]1O[C@@H]2COC(c3ccccc3)O[C@H]2[C@H](OCc2ccccc2)[C@H]1N=[N+]=[N-]. The molecule has 1 unspecified atom stereocenters. The summed E-state index contributed by atoms with van der Waals surface area (Å²) in [4.78, 5) is 29.3. The van der Waals surface area contributed by atoms with E-state index in [1.54, 1.807) is 24.3 Å². The summed E-state index contributed by atoms with van der Waals surface area (Å²) >= 11 is 17.8. The highest BCUT2D eigenvalue weighted by Gasteiger charge is 2.58. The highest BCUT2D eigenvalue weighted by Crippen LogP contribution is 2.40. The molecule has 3 aromatic rings. The summed E-state index contributed by atoms with van der Waals surface area (Å²) in [6, 6.07) is 26.3. The molecule has 0 radical (unpaired) electrons. The van der Waals surface area contributed by atoms with Crippen molar-refractivity contribution in [3.63, 3.8) is 0 Å². The fraction of sp³-hybridized carbons (Fsp3) is 0.447. The number of nitrogens with zero attached hydrogens (tertiary/aromatic N) is 3. The van der Waals surface area contributed by atoms with E-state index in [9.17, 15) is 15.1 Å². The molecule has 304 valence electrons. The van der Waals surface area contributed by atoms with Crippen molar-refractivity contribution < 1.29 is 57.0 Å². The largest absolute Gasteiger partial charge is 0.467 e. The molecule has 0 amide bonds. The minimum Gasteiger partial charge on any atom is -0.467 e. The lowest BCUT2D eigenvalue weighted by atomic mass is 9.94. The van der Waals surface area contributed by atoms with Gasteiger partial charge in [0.15, 0.2) is 24.8 Å². The van der Waals surface area contributed by atoms with Crippen LogP contribution in [0.5, 0.6) is 0 Å². The van der Waals surface area contributed by atoms with Crippen LogP contribution in [0.3, 0.4) is 0 Å². The number of hydrogen-bond acceptors (Lipinski definition) is 14. The Morgan fingerprint density at radius 1 is 0.825 bits per heavy atom. The van der Waals surface area contributed by atoms with E-state index in [4.69, 9.17) is 87.6 Å². The summed E-state index contributed by atoms with van der Waals surface area (Å²) in [5.41, 5.74) is 12.2. The monoisotopic (exact) mass is 848 g/mol. The number of nitrogens with one attached hydrogen (secondary N) is 1. The molecule has 3 aliphatic heterocycles. The maximum atomic E-state index is 13.6. The summed E-state index contributed by atoms with van der Waals surface area (Å²) in [5, 5.41) is 12.3. The molecule has 1 N–H and O–H groups in total. The Balaban J connectivity index is 1.38. The fourth-order valence-corrected chi connectivity index (χ4v) is 6.70. The summed E-state index contributed by atoms with van der Waals surface area (Å²) in [7, 11) is 1.11. The molecular formula is C38H39Cl3N4O12. The number of carbonyl (C=O) groups is 2. The first kappa shape index (κ1) is 42.6. The average Bonchev–Trinajstić information content (AvgIpc) is 3.21. The Kier molecular flexibility index (Phi) is 14.6. The molecule has 11 atom stereocenters. The van der Waals surface area contributed by atoms with Crippen LogP contribution < -0.4 is 0 Å². The van der Waals surface area contributed by atoms with E-state index < -0.39 is 89.3 Å². The molecule has 3 fully saturated rings. The summed E-state index contributed by atoms with van der Waals surface area (Å²) < 4.78 is 58.4. The quantitative estimate of drug-likeness (QED) is 0.0386. The predicted molar refractivity (Wildman–Crippen MR) is 202 cm³/mol. The van der Waals surface area contributed by atoms with Gasteiger partial charge in [-0.25, -0.2) is 4.79 Å². The van der Waals surface area contributed by atoms with E-state index in [-0.39, 0.29) is 19.8 Å². The van der Waals surface area contributed by atoms with Crippen LogP contribution >= 0.6 is 34.8 Å². The number of hydrogen-bond donors (Lipinski definition) is 1. The lowest BCUT2D eigenvalue weighted by Crippen LogP contribution is -2.67. The summed E-state index contributed by atoms with van der Waals surface area (Å²) in [5.74, 6) is -2.71. The van der Waals surface area contributed by atoms with Gasteiger partial charge in [0.1, 0.15) is 36.6 Å². The van der Waals surface area contributed by atoms with Gasteiger partial charge in [0, 0.05) is 17.4 Å². The molecule has 0 aliphatic carbocycles. The smallest absolute Gasteiger partial charge is 0.338 e. The number of ether oxygens (including phenoxy) is 10. The number of halogens is 3. The number of carbonyl (C=O) groups excluding carboxylic acids is 2. The normalized spacial score (nSPS) is 29.9. The minimum atomic E-state index is -2.37. The molecule has 0 bridgehead atoms. The van der Waals surface area contributed by atoms with Gasteiger partial charge in [0.25, 0.3) is 3.79 Å². The van der Waals surface area contributed by atoms with Gasteiger partial charge in [0.2, 0.25) is 12.2 Å². The van der Waals surface area contributed by atoms with Crippen molar-refractivity contribution in [2.45, 2.75) is 91.6 Å². The van der Waals surface area contributed by atoms with Crippen LogP contribution in [0.4, 0.5) is 0 Å². The molecule has 19 heteroatoms. The molecule has 16 nitrogen and oxygen atoms in total. The third kappa shape index (κ3) is 10.7. The van der Waals surface area contributed by atoms with E-state index in [0.29, 0.717) is 5.56 Å². The van der Waals surface area contributed by atoms with Crippen molar-refractivity contribution in [1.29, 1.82) is 5.41 Å². The van der Waals surface area contributed by atoms with Crippen LogP contribution in [0.2, 0.25) is 0 Å². The zero-order chi connectivity index (χ0) is 40.5. The maximum absolute atomic E-state index is 13.6. The second-order valence-corrected chi connectivity index (χ2v) is 15.3. The molecule has 57 heavy (non-hydrogen) atoms. The Morgan fingerprint density at radius 2 is 1.42 bits per heavy atom. The van der Waals surface area contributed by atoms with Crippen molar-refractivity contribution in [3.05, 3.63) is 118 Å². The molecular weight excluding hydrogens is 811 g/mol. The number of methoxy groups -OCH3 is 1. The van der Waals surface area contributed by atoms with Crippen molar-refractivity contribution in [3.8, 4) is 0 Å². The first-order valence-electron chi connectivity index (χ1n) is 17.7. The number of fused-ring (bicyclic) bond motifs is 1. The first-order valence-corrected chi connectivity index (χ1v) is 18.8. The van der Waals surface area contributed by atoms with Gasteiger partial charge in [-0.2, -0.15) is 0 Å². The van der Waals surface area contributed by atoms with Gasteiger partial charge in [-0.15, -0.1) is 0 Å². The Labute approximate surface area is 342 Å². The number of alkyl halides is 3. The lowest BCUT2D eigenvalue weighted by Gasteiger charge is -2.50. The Bertz CT molecular complexity index is 1860. The summed E-state index contributed by atoms with van der Waals surface area (Å²) in [6.07, 6.45) is -13.0. The van der Waals surface area contributed by atoms with Crippen LogP contribution in [-0.4, -0.2) is 96.7 Å². The molecule has 0 saturated carbocycles. The number of azide groups is 1. The Morgan fingerprint density at radius 3 is 1.98 bits per heavy atom. The van der Waals surface area contributed by atoms with E-state index in [1.165, 1.54) is 0 Å². The van der Waals surface area contributed by atoms with E-state index in [1.807, 2.05) is 66.7 Å². The van der Waals surface area contributed by atoms with Gasteiger partial charge in [-0.3, -0.25) is 10.2 Å². The zero-order valence-electron chi connectivity index (χ0n) is 30.5. The first-order chi connectivity index (χ1) is 27.5. The van der Waals surface area contributed by atoms with Crippen LogP contribution in [0.1, 0.15) is 29.9 Å². The van der Waals surface area contributed by atoms with E-state index in [2.05, 4.69) is 10.0 Å². The fourth-order valence-electron chi connectivity index (χ4n) is 6.56. The lowest BCUT2D eigenvalue weighted by molar-refractivity contribution is -0.369. The maximum Gasteiger partial charge on any atom is 0.338 e. The van der Waals surface area contributed by atoms with Crippen molar-refractivity contribution >= 4 is 52.6 Å². The standard InChI is InChI=1S/C38H39Cl3N4O12/c1-21(46)52-32-29(50-19-23-14-8-4-9-15-23)30(31(33(47)48-2)56-36(32)57-37(42)38(39,40)41)55-35-26(44-45-43)28(49-18-22-12-6-3-7-13-22)27-25(53-35)20-51-34(54-27)24-16-10-5-11-17-24/h3-17,25-32,34-36,42H,18-20H2,1-2H3/t25-,26-,27-,28-,29+,30+,31-,32-,34?,35-,36+/m1/s1. The highest BCUT2D eigenvalue weighted by atomic mass is 35.6. The van der Waals surface area contributed by atoms with Crippen molar-refractivity contribution in [2.24, 2.45) is 5.11 Å². The van der Waals surface area contributed by atoms with E-state index >= 15 is 0 Å². The van der Waals surface area contributed by atoms with Crippen molar-refractivity contribution in [2.75, 3.05) is 13.7 Å². The predicted octanol–water partition coefficient (Wildman–Crippen LogP) is 6.25. The summed E-state index contributed by atoms with van der Waals surface area (Å²) in [6.45, 7) is 1.10. The molecule has 6 rings (SSSR count). The topological polar surface area (TPSA) is 199 Å². The molecule has 0 spiro atoms. The second-order valence-electron chi connectivity index (χ2n) is 13.0.